The second-order valence-electron chi connectivity index (χ2n) is 6.79. The molecule has 0 bridgehead atoms. The molecule has 4 rings (SSSR count). The van der Waals surface area contributed by atoms with Gasteiger partial charge in [0.15, 0.2) is 0 Å². The van der Waals surface area contributed by atoms with Crippen LogP contribution in [0.4, 0.5) is 14.5 Å². The van der Waals surface area contributed by atoms with E-state index in [1.54, 1.807) is 24.3 Å². The highest BCUT2D eigenvalue weighted by molar-refractivity contribution is 5.41. The smallest absolute Gasteiger partial charge is 0.321 e. The number of hydrogen-bond acceptors (Lipinski definition) is 3. The molecule has 0 saturated heterocycles. The second-order valence-corrected chi connectivity index (χ2v) is 6.79. The molecule has 0 radical (unpaired) electrons. The minimum atomic E-state index is -0.735. The SMILES string of the molecule is [C-]#[N+]c1ccc(=O)n(Cc2ccc(-n3ncn(Cc4c(F)cccc4F)c3=O)cc2)c1. The summed E-state index contributed by atoms with van der Waals surface area (Å²) in [5, 5.41) is 4.03. The molecule has 0 aliphatic carbocycles. The molecule has 2 aromatic heterocycles. The maximum absolute atomic E-state index is 13.9. The van der Waals surface area contributed by atoms with Crippen molar-refractivity contribution in [3.63, 3.8) is 0 Å². The Morgan fingerprint density at radius 3 is 2.29 bits per heavy atom. The van der Waals surface area contributed by atoms with Crippen LogP contribution in [0.2, 0.25) is 0 Å². The maximum atomic E-state index is 13.9. The molecule has 31 heavy (non-hydrogen) atoms. The summed E-state index contributed by atoms with van der Waals surface area (Å²) >= 11 is 0. The fraction of sp³-hybridized carbons (Fsp3) is 0.0909. The standard InChI is InChI=1S/C22H15F2N5O2/c1-25-16-7-10-21(30)27(12-16)11-15-5-8-17(9-6-15)29-22(31)28(14-26-29)13-18-19(23)3-2-4-20(18)24/h2-10,12,14H,11,13H2. The Balaban J connectivity index is 1.57. The quantitative estimate of drug-likeness (QED) is 0.467. The Kier molecular flexibility index (Phi) is 5.28. The number of pyridine rings is 1. The molecule has 9 heteroatoms. The van der Waals surface area contributed by atoms with Crippen LogP contribution in [0.3, 0.4) is 0 Å². The molecule has 7 nitrogen and oxygen atoms in total. The van der Waals surface area contributed by atoms with Crippen molar-refractivity contribution < 1.29 is 8.78 Å². The highest BCUT2D eigenvalue weighted by Gasteiger charge is 2.13. The van der Waals surface area contributed by atoms with Crippen molar-refractivity contribution in [1.82, 2.24) is 18.9 Å². The zero-order valence-corrected chi connectivity index (χ0v) is 16.1. The zero-order valence-electron chi connectivity index (χ0n) is 16.1. The molecule has 0 fully saturated rings. The average Bonchev–Trinajstić information content (AvgIpc) is 3.13. The van der Waals surface area contributed by atoms with Gasteiger partial charge in [-0.2, -0.15) is 9.78 Å². The van der Waals surface area contributed by atoms with Gasteiger partial charge in [-0.05, 0) is 42.0 Å². The lowest BCUT2D eigenvalue weighted by molar-refractivity contribution is 0.541. The molecule has 4 aromatic rings. The number of aromatic nitrogens is 4. The molecule has 154 valence electrons. The first-order valence-corrected chi connectivity index (χ1v) is 9.21. The third kappa shape index (κ3) is 4.04. The summed E-state index contributed by atoms with van der Waals surface area (Å²) in [6.45, 7) is 7.04. The largest absolute Gasteiger partial charge is 0.350 e. The topological polar surface area (TPSA) is 66.2 Å². The average molecular weight is 419 g/mol. The van der Waals surface area contributed by atoms with Crippen LogP contribution in [0.1, 0.15) is 11.1 Å². The van der Waals surface area contributed by atoms with Crippen molar-refractivity contribution >= 4 is 5.69 Å². The van der Waals surface area contributed by atoms with Crippen LogP contribution in [-0.4, -0.2) is 18.9 Å². The molecule has 2 aromatic carbocycles. The summed E-state index contributed by atoms with van der Waals surface area (Å²) < 4.78 is 31.4. The first-order chi connectivity index (χ1) is 15.0. The molecule has 0 unspecified atom stereocenters. The lowest BCUT2D eigenvalue weighted by Gasteiger charge is -2.07. The van der Waals surface area contributed by atoms with E-state index in [-0.39, 0.29) is 24.2 Å². The Morgan fingerprint density at radius 2 is 1.61 bits per heavy atom. The number of halogens is 2. The highest BCUT2D eigenvalue weighted by atomic mass is 19.1. The predicted molar refractivity (Wildman–Crippen MR) is 109 cm³/mol. The van der Waals surface area contributed by atoms with Crippen LogP contribution < -0.4 is 11.2 Å². The number of rotatable bonds is 5. The van der Waals surface area contributed by atoms with Crippen LogP contribution >= 0.6 is 0 Å². The van der Waals surface area contributed by atoms with Gasteiger partial charge < -0.3 is 4.57 Å². The molecule has 0 atom stereocenters. The molecule has 0 saturated carbocycles. The molecule has 2 heterocycles. The fourth-order valence-electron chi connectivity index (χ4n) is 3.12. The summed E-state index contributed by atoms with van der Waals surface area (Å²) in [5.74, 6) is -1.47. The number of benzene rings is 2. The molecule has 0 amide bonds. The van der Waals surface area contributed by atoms with Gasteiger partial charge in [0.05, 0.1) is 18.8 Å². The van der Waals surface area contributed by atoms with Gasteiger partial charge in [0.2, 0.25) is 11.2 Å². The Labute approximate surface area is 174 Å². The fourth-order valence-corrected chi connectivity index (χ4v) is 3.12. The highest BCUT2D eigenvalue weighted by Crippen LogP contribution is 2.14. The summed E-state index contributed by atoms with van der Waals surface area (Å²) in [7, 11) is 0. The molecule has 0 spiro atoms. The van der Waals surface area contributed by atoms with Crippen LogP contribution in [0, 0.1) is 18.2 Å². The Hall–Kier alpha value is -4.32. The van der Waals surface area contributed by atoms with Gasteiger partial charge in [-0.25, -0.2) is 18.4 Å². The first-order valence-electron chi connectivity index (χ1n) is 9.21. The van der Waals surface area contributed by atoms with E-state index in [9.17, 15) is 18.4 Å². The number of nitrogens with zero attached hydrogens (tertiary/aromatic N) is 5. The van der Waals surface area contributed by atoms with Gasteiger partial charge in [-0.3, -0.25) is 9.36 Å². The Morgan fingerprint density at radius 1 is 0.903 bits per heavy atom. The normalized spacial score (nSPS) is 10.7. The Bertz CT molecular complexity index is 1390. The molecule has 0 N–H and O–H groups in total. The third-order valence-electron chi connectivity index (χ3n) is 4.75. The zero-order chi connectivity index (χ0) is 22.0. The lowest BCUT2D eigenvalue weighted by atomic mass is 10.2. The van der Waals surface area contributed by atoms with E-state index in [0.717, 1.165) is 26.9 Å². The van der Waals surface area contributed by atoms with Gasteiger partial charge >= 0.3 is 5.69 Å². The summed E-state index contributed by atoms with van der Waals surface area (Å²) in [5.41, 5.74) is 0.618. The van der Waals surface area contributed by atoms with Gasteiger partial charge in [0, 0.05) is 18.3 Å². The molecular weight excluding hydrogens is 404 g/mol. The van der Waals surface area contributed by atoms with E-state index in [0.29, 0.717) is 11.4 Å². The van der Waals surface area contributed by atoms with Crippen LogP contribution in [0.15, 0.2) is 76.7 Å². The second kappa shape index (κ2) is 8.20. The first kappa shape index (κ1) is 20.0. The third-order valence-corrected chi connectivity index (χ3v) is 4.75. The molecule has 0 aliphatic heterocycles. The van der Waals surface area contributed by atoms with Crippen molar-refractivity contribution in [2.75, 3.05) is 0 Å². The molecule has 0 aliphatic rings. The van der Waals surface area contributed by atoms with E-state index in [1.807, 2.05) is 0 Å². The van der Waals surface area contributed by atoms with Gasteiger partial charge in [0.1, 0.15) is 18.0 Å². The lowest BCUT2D eigenvalue weighted by Crippen LogP contribution is -2.24. The predicted octanol–water partition coefficient (Wildman–Crippen LogP) is 3.12. The van der Waals surface area contributed by atoms with E-state index in [2.05, 4.69) is 9.94 Å². The summed E-state index contributed by atoms with van der Waals surface area (Å²) in [6, 6.07) is 13.1. The van der Waals surface area contributed by atoms with E-state index >= 15 is 0 Å². The van der Waals surface area contributed by atoms with Gasteiger partial charge in [-0.1, -0.05) is 18.2 Å². The molecular formula is C22H15F2N5O2. The maximum Gasteiger partial charge on any atom is 0.350 e. The van der Waals surface area contributed by atoms with Crippen molar-refractivity contribution in [2.45, 2.75) is 13.1 Å². The van der Waals surface area contributed by atoms with Crippen LogP contribution in [-0.2, 0) is 13.1 Å². The van der Waals surface area contributed by atoms with E-state index in [4.69, 9.17) is 6.57 Å². The minimum Gasteiger partial charge on any atom is -0.321 e. The van der Waals surface area contributed by atoms with Gasteiger partial charge in [0.25, 0.3) is 0 Å². The summed E-state index contributed by atoms with van der Waals surface area (Å²) in [4.78, 5) is 27.9. The van der Waals surface area contributed by atoms with Crippen LogP contribution in [0.5, 0.6) is 0 Å². The van der Waals surface area contributed by atoms with Crippen molar-refractivity contribution in [3.05, 3.63) is 122 Å². The van der Waals surface area contributed by atoms with Gasteiger partial charge in [-0.15, -0.1) is 0 Å². The summed E-state index contributed by atoms with van der Waals surface area (Å²) in [6.07, 6.45) is 2.70. The van der Waals surface area contributed by atoms with Crippen molar-refractivity contribution in [1.29, 1.82) is 0 Å². The van der Waals surface area contributed by atoms with Crippen molar-refractivity contribution in [2.24, 2.45) is 0 Å². The monoisotopic (exact) mass is 419 g/mol. The number of hydrogen-bond donors (Lipinski definition) is 0. The van der Waals surface area contributed by atoms with Crippen LogP contribution in [0.25, 0.3) is 10.5 Å². The van der Waals surface area contributed by atoms with Crippen molar-refractivity contribution in [3.8, 4) is 5.69 Å². The van der Waals surface area contributed by atoms with E-state index < -0.39 is 17.3 Å². The van der Waals surface area contributed by atoms with E-state index in [1.165, 1.54) is 35.3 Å². The minimum absolute atomic E-state index is 0.216.